The van der Waals surface area contributed by atoms with Crippen molar-refractivity contribution in [2.24, 2.45) is 0 Å². The van der Waals surface area contributed by atoms with Gasteiger partial charge in [-0.15, -0.1) is 23.5 Å². The highest BCUT2D eigenvalue weighted by Crippen LogP contribution is 2.42. The molecule has 1 fully saturated rings. The summed E-state index contributed by atoms with van der Waals surface area (Å²) in [5, 5.41) is 1.99. The lowest BCUT2D eigenvalue weighted by Crippen LogP contribution is -1.86. The molecule has 42 valence electrons. The van der Waals surface area contributed by atoms with Crippen LogP contribution in [0.2, 0.25) is 0 Å². The molecule has 2 heteroatoms. The van der Waals surface area contributed by atoms with Gasteiger partial charge in [0, 0.05) is 9.99 Å². The minimum absolute atomic E-state index is 0.736. The van der Waals surface area contributed by atoms with Crippen LogP contribution in [0.4, 0.5) is 0 Å². The molecule has 1 saturated heterocycles. The molecule has 1 atom stereocenters. The maximum absolute atomic E-state index is 2.26. The van der Waals surface area contributed by atoms with E-state index in [1.54, 1.807) is 4.91 Å². The van der Waals surface area contributed by atoms with Crippen LogP contribution in [0, 0.1) is 0 Å². The Labute approximate surface area is 57.4 Å². The topological polar surface area (TPSA) is 0 Å². The van der Waals surface area contributed by atoms with Crippen LogP contribution in [-0.2, 0) is 0 Å². The summed E-state index contributed by atoms with van der Waals surface area (Å²) in [6.07, 6.45) is 6.63. The molecule has 0 amide bonds. The number of hydrogen-bond donors (Lipinski definition) is 0. The maximum Gasteiger partial charge on any atom is 0.0548 e. The van der Waals surface area contributed by atoms with Gasteiger partial charge in [0.2, 0.25) is 0 Å². The van der Waals surface area contributed by atoms with E-state index >= 15 is 0 Å². The zero-order valence-electron chi connectivity index (χ0n) is 4.33. The quantitative estimate of drug-likeness (QED) is 0.509. The van der Waals surface area contributed by atoms with Crippen molar-refractivity contribution >= 4 is 23.5 Å². The lowest BCUT2D eigenvalue weighted by molar-refractivity contribution is 1.46. The van der Waals surface area contributed by atoms with Crippen molar-refractivity contribution in [2.45, 2.75) is 5.25 Å². The van der Waals surface area contributed by atoms with Crippen molar-refractivity contribution in [1.29, 1.82) is 0 Å². The van der Waals surface area contributed by atoms with E-state index in [4.69, 9.17) is 0 Å². The van der Waals surface area contributed by atoms with Crippen LogP contribution in [0.3, 0.4) is 0 Å². The Hall–Kier alpha value is 0.180. The molecule has 2 aliphatic rings. The SMILES string of the molecule is C1=CC2SCSC2=C1. The van der Waals surface area contributed by atoms with Crippen molar-refractivity contribution < 1.29 is 0 Å². The number of hydrogen-bond acceptors (Lipinski definition) is 2. The highest BCUT2D eigenvalue weighted by atomic mass is 32.2. The van der Waals surface area contributed by atoms with Crippen LogP contribution >= 0.6 is 23.5 Å². The summed E-state index contributed by atoms with van der Waals surface area (Å²) >= 11 is 4.00. The van der Waals surface area contributed by atoms with Crippen molar-refractivity contribution in [3.63, 3.8) is 0 Å². The predicted molar refractivity (Wildman–Crippen MR) is 41.1 cm³/mol. The summed E-state index contributed by atoms with van der Waals surface area (Å²) in [4.78, 5) is 1.55. The van der Waals surface area contributed by atoms with Gasteiger partial charge in [-0.05, 0) is 0 Å². The Morgan fingerprint density at radius 1 is 1.62 bits per heavy atom. The van der Waals surface area contributed by atoms with Crippen LogP contribution in [0.25, 0.3) is 0 Å². The molecule has 0 aromatic rings. The first-order chi connectivity index (χ1) is 3.97. The summed E-state index contributed by atoms with van der Waals surface area (Å²) in [5.74, 6) is 0. The molecule has 0 nitrogen and oxygen atoms in total. The van der Waals surface area contributed by atoms with Crippen LogP contribution in [0.5, 0.6) is 0 Å². The third-order valence-corrected chi connectivity index (χ3v) is 3.96. The average Bonchev–Trinajstić information content (AvgIpc) is 2.15. The fourth-order valence-electron chi connectivity index (χ4n) is 0.884. The second-order valence-electron chi connectivity index (χ2n) is 1.80. The summed E-state index contributed by atoms with van der Waals surface area (Å²) in [6.45, 7) is 0. The lowest BCUT2D eigenvalue weighted by Gasteiger charge is -1.94. The van der Waals surface area contributed by atoms with Gasteiger partial charge in [0.15, 0.2) is 0 Å². The molecule has 1 aliphatic heterocycles. The van der Waals surface area contributed by atoms with E-state index in [2.05, 4.69) is 18.2 Å². The van der Waals surface area contributed by atoms with Crippen molar-refractivity contribution in [3.8, 4) is 0 Å². The van der Waals surface area contributed by atoms with Gasteiger partial charge >= 0.3 is 0 Å². The molecule has 0 saturated carbocycles. The fraction of sp³-hybridized carbons (Fsp3) is 0.333. The molecule has 8 heavy (non-hydrogen) atoms. The molecule has 0 spiro atoms. The third kappa shape index (κ3) is 0.633. The first-order valence-electron chi connectivity index (χ1n) is 2.59. The van der Waals surface area contributed by atoms with E-state index in [1.807, 2.05) is 23.5 Å². The third-order valence-electron chi connectivity index (χ3n) is 1.30. The molecule has 0 bridgehead atoms. The smallest absolute Gasteiger partial charge is 0.0548 e. The zero-order valence-corrected chi connectivity index (χ0v) is 5.97. The first-order valence-corrected chi connectivity index (χ1v) is 4.63. The van der Waals surface area contributed by atoms with Gasteiger partial charge in [-0.1, -0.05) is 18.2 Å². The molecule has 1 aliphatic carbocycles. The lowest BCUT2D eigenvalue weighted by atomic mass is 10.5. The molecule has 0 aromatic heterocycles. The second-order valence-corrected chi connectivity index (χ2v) is 4.35. The minimum atomic E-state index is 0.736. The number of thioether (sulfide) groups is 2. The largest absolute Gasteiger partial charge is 0.138 e. The molecule has 1 heterocycles. The average molecular weight is 142 g/mol. The van der Waals surface area contributed by atoms with Crippen molar-refractivity contribution in [3.05, 3.63) is 23.1 Å². The first kappa shape index (κ1) is 5.00. The number of rotatable bonds is 0. The highest BCUT2D eigenvalue weighted by Gasteiger charge is 2.21. The van der Waals surface area contributed by atoms with E-state index in [0.717, 1.165) is 5.25 Å². The second kappa shape index (κ2) is 1.85. The van der Waals surface area contributed by atoms with E-state index < -0.39 is 0 Å². The van der Waals surface area contributed by atoms with E-state index in [0.29, 0.717) is 0 Å². The molecule has 0 radical (unpaired) electrons. The Morgan fingerprint density at radius 2 is 2.62 bits per heavy atom. The van der Waals surface area contributed by atoms with Crippen molar-refractivity contribution in [2.75, 3.05) is 5.08 Å². The van der Waals surface area contributed by atoms with E-state index in [1.165, 1.54) is 5.08 Å². The minimum Gasteiger partial charge on any atom is -0.138 e. The molecular weight excluding hydrogens is 136 g/mol. The highest BCUT2D eigenvalue weighted by molar-refractivity contribution is 8.22. The van der Waals surface area contributed by atoms with Gasteiger partial charge in [0.25, 0.3) is 0 Å². The van der Waals surface area contributed by atoms with Gasteiger partial charge in [-0.2, -0.15) is 0 Å². The number of allylic oxidation sites excluding steroid dienone is 2. The Kier molecular flexibility index (Phi) is 1.16. The molecule has 0 aromatic carbocycles. The number of fused-ring (bicyclic) bond motifs is 1. The van der Waals surface area contributed by atoms with Gasteiger partial charge in [0.05, 0.1) is 5.25 Å². The standard InChI is InChI=1S/C6H6S2/c1-2-5-6(3-1)8-4-7-5/h1-3,5H,4H2. The van der Waals surface area contributed by atoms with Gasteiger partial charge in [0.1, 0.15) is 0 Å². The van der Waals surface area contributed by atoms with Crippen LogP contribution in [-0.4, -0.2) is 10.3 Å². The molecule has 1 unspecified atom stereocenters. The molecule has 2 rings (SSSR count). The Morgan fingerprint density at radius 3 is 3.50 bits per heavy atom. The summed E-state index contributed by atoms with van der Waals surface area (Å²) in [5.41, 5.74) is 0. The molecular formula is C6H6S2. The van der Waals surface area contributed by atoms with Crippen molar-refractivity contribution in [1.82, 2.24) is 0 Å². The van der Waals surface area contributed by atoms with Crippen LogP contribution in [0.15, 0.2) is 23.1 Å². The summed E-state index contributed by atoms with van der Waals surface area (Å²) < 4.78 is 0. The van der Waals surface area contributed by atoms with E-state index in [9.17, 15) is 0 Å². The monoisotopic (exact) mass is 142 g/mol. The Bertz CT molecular complexity index is 158. The summed E-state index contributed by atoms with van der Waals surface area (Å²) in [7, 11) is 0. The van der Waals surface area contributed by atoms with Crippen LogP contribution < -0.4 is 0 Å². The fourth-order valence-corrected chi connectivity index (χ4v) is 3.56. The normalized spacial score (nSPS) is 33.0. The van der Waals surface area contributed by atoms with Gasteiger partial charge < -0.3 is 0 Å². The predicted octanol–water partition coefficient (Wildman–Crippen LogP) is 2.25. The molecule has 0 N–H and O–H groups in total. The van der Waals surface area contributed by atoms with Gasteiger partial charge in [-0.3, -0.25) is 0 Å². The van der Waals surface area contributed by atoms with Gasteiger partial charge in [-0.25, -0.2) is 0 Å². The Balaban J connectivity index is 2.29. The summed E-state index contributed by atoms with van der Waals surface area (Å²) in [6, 6.07) is 0. The maximum atomic E-state index is 2.26. The van der Waals surface area contributed by atoms with E-state index in [-0.39, 0.29) is 0 Å². The zero-order chi connectivity index (χ0) is 5.40. The van der Waals surface area contributed by atoms with Crippen LogP contribution in [0.1, 0.15) is 0 Å².